The van der Waals surface area contributed by atoms with Crippen molar-refractivity contribution in [1.29, 1.82) is 0 Å². The smallest absolute Gasteiger partial charge is 0.156 e. The first-order chi connectivity index (χ1) is 8.19. The summed E-state index contributed by atoms with van der Waals surface area (Å²) >= 11 is 0. The third-order valence-electron chi connectivity index (χ3n) is 4.02. The molecule has 0 saturated carbocycles. The van der Waals surface area contributed by atoms with Crippen LogP contribution in [0.4, 0.5) is 0 Å². The molecule has 0 radical (unpaired) electrons. The Morgan fingerprint density at radius 3 is 2.39 bits per heavy atom. The van der Waals surface area contributed by atoms with E-state index in [1.807, 2.05) is 0 Å². The summed E-state index contributed by atoms with van der Waals surface area (Å²) in [6, 6.07) is 0.798. The lowest BCUT2D eigenvalue weighted by molar-refractivity contribution is 0.105. The average Bonchev–Trinajstić information content (AvgIpc) is 2.25. The Morgan fingerprint density at radius 2 is 1.89 bits per heavy atom. The summed E-state index contributed by atoms with van der Waals surface area (Å²) in [4.78, 5) is 2.28. The molecule has 5 heteroatoms. The summed E-state index contributed by atoms with van der Waals surface area (Å²) in [5.74, 6) is 0.233. The van der Waals surface area contributed by atoms with Gasteiger partial charge in [-0.25, -0.2) is 8.42 Å². The SMILES string of the molecule is CC1CCCC(CN)N1CCS(=O)(=O)C(C)(C)C. The Kier molecular flexibility index (Phi) is 5.21. The first-order valence-corrected chi connectivity index (χ1v) is 8.52. The van der Waals surface area contributed by atoms with E-state index in [-0.39, 0.29) is 5.75 Å². The van der Waals surface area contributed by atoms with Crippen molar-refractivity contribution < 1.29 is 8.42 Å². The van der Waals surface area contributed by atoms with E-state index in [9.17, 15) is 8.42 Å². The number of likely N-dealkylation sites (tertiary alicyclic amines) is 1. The summed E-state index contributed by atoms with van der Waals surface area (Å²) in [7, 11) is -3.03. The Morgan fingerprint density at radius 1 is 1.28 bits per heavy atom. The Bertz CT molecular complexity index is 360. The summed E-state index contributed by atoms with van der Waals surface area (Å²) in [5, 5.41) is 0. The van der Waals surface area contributed by atoms with Crippen molar-refractivity contribution in [3.63, 3.8) is 0 Å². The van der Waals surface area contributed by atoms with Gasteiger partial charge in [0.15, 0.2) is 9.84 Å². The van der Waals surface area contributed by atoms with E-state index >= 15 is 0 Å². The highest BCUT2D eigenvalue weighted by atomic mass is 32.2. The van der Waals surface area contributed by atoms with E-state index in [2.05, 4.69) is 11.8 Å². The van der Waals surface area contributed by atoms with E-state index in [0.717, 1.165) is 12.8 Å². The van der Waals surface area contributed by atoms with Gasteiger partial charge in [-0.2, -0.15) is 0 Å². The zero-order chi connectivity index (χ0) is 14.0. The molecular formula is C13H28N2O2S. The fourth-order valence-electron chi connectivity index (χ4n) is 2.53. The second-order valence-electron chi connectivity index (χ2n) is 6.34. The highest BCUT2D eigenvalue weighted by Crippen LogP contribution is 2.23. The molecule has 2 N–H and O–H groups in total. The fourth-order valence-corrected chi connectivity index (χ4v) is 3.59. The molecule has 1 rings (SSSR count). The van der Waals surface area contributed by atoms with Crippen molar-refractivity contribution in [3.8, 4) is 0 Å². The third-order valence-corrected chi connectivity index (χ3v) is 6.60. The number of rotatable bonds is 4. The van der Waals surface area contributed by atoms with Gasteiger partial charge in [0.2, 0.25) is 0 Å². The second-order valence-corrected chi connectivity index (χ2v) is 9.20. The first-order valence-electron chi connectivity index (χ1n) is 6.87. The van der Waals surface area contributed by atoms with Gasteiger partial charge in [0.1, 0.15) is 0 Å². The van der Waals surface area contributed by atoms with Crippen molar-refractivity contribution in [2.24, 2.45) is 5.73 Å². The van der Waals surface area contributed by atoms with Crippen LogP contribution in [0, 0.1) is 0 Å². The van der Waals surface area contributed by atoms with Crippen LogP contribution < -0.4 is 5.73 Å². The number of piperidine rings is 1. The molecule has 1 saturated heterocycles. The van der Waals surface area contributed by atoms with E-state index in [1.54, 1.807) is 20.8 Å². The summed E-state index contributed by atoms with van der Waals surface area (Å²) in [5.41, 5.74) is 5.79. The third kappa shape index (κ3) is 3.68. The van der Waals surface area contributed by atoms with E-state index in [4.69, 9.17) is 5.73 Å². The molecule has 0 bridgehead atoms. The lowest BCUT2D eigenvalue weighted by atomic mass is 9.97. The highest BCUT2D eigenvalue weighted by Gasteiger charge is 2.32. The predicted octanol–water partition coefficient (Wildman–Crippen LogP) is 1.40. The molecule has 0 aromatic carbocycles. The van der Waals surface area contributed by atoms with Gasteiger partial charge in [-0.1, -0.05) is 6.42 Å². The molecule has 4 nitrogen and oxygen atoms in total. The van der Waals surface area contributed by atoms with Crippen LogP contribution in [0.15, 0.2) is 0 Å². The topological polar surface area (TPSA) is 63.4 Å². The first kappa shape index (κ1) is 15.9. The lowest BCUT2D eigenvalue weighted by Gasteiger charge is -2.40. The van der Waals surface area contributed by atoms with E-state index in [1.165, 1.54) is 6.42 Å². The highest BCUT2D eigenvalue weighted by molar-refractivity contribution is 7.92. The van der Waals surface area contributed by atoms with Gasteiger partial charge in [0.25, 0.3) is 0 Å². The van der Waals surface area contributed by atoms with E-state index < -0.39 is 14.6 Å². The molecule has 0 aromatic rings. The monoisotopic (exact) mass is 276 g/mol. The van der Waals surface area contributed by atoms with Gasteiger partial charge in [0, 0.05) is 25.2 Å². The molecular weight excluding hydrogens is 248 g/mol. The van der Waals surface area contributed by atoms with Crippen molar-refractivity contribution in [1.82, 2.24) is 4.90 Å². The van der Waals surface area contributed by atoms with Crippen molar-refractivity contribution >= 4 is 9.84 Å². The molecule has 1 heterocycles. The minimum absolute atomic E-state index is 0.233. The largest absolute Gasteiger partial charge is 0.329 e. The van der Waals surface area contributed by atoms with Crippen LogP contribution in [0.25, 0.3) is 0 Å². The molecule has 0 aromatic heterocycles. The maximum absolute atomic E-state index is 12.1. The molecule has 2 atom stereocenters. The lowest BCUT2D eigenvalue weighted by Crippen LogP contribution is -2.51. The minimum Gasteiger partial charge on any atom is -0.329 e. The minimum atomic E-state index is -3.03. The molecule has 1 aliphatic rings. The molecule has 0 aliphatic carbocycles. The van der Waals surface area contributed by atoms with E-state index in [0.29, 0.717) is 25.2 Å². The van der Waals surface area contributed by atoms with Crippen molar-refractivity contribution in [3.05, 3.63) is 0 Å². The van der Waals surface area contributed by atoms with Crippen LogP contribution in [0.2, 0.25) is 0 Å². The zero-order valence-electron chi connectivity index (χ0n) is 12.1. The van der Waals surface area contributed by atoms with Crippen molar-refractivity contribution in [2.75, 3.05) is 18.8 Å². The molecule has 1 aliphatic heterocycles. The van der Waals surface area contributed by atoms with Crippen LogP contribution in [0.3, 0.4) is 0 Å². The van der Waals surface area contributed by atoms with Gasteiger partial charge in [-0.3, -0.25) is 4.90 Å². The zero-order valence-corrected chi connectivity index (χ0v) is 13.0. The summed E-state index contributed by atoms with van der Waals surface area (Å²) < 4.78 is 23.6. The van der Waals surface area contributed by atoms with Gasteiger partial charge >= 0.3 is 0 Å². The van der Waals surface area contributed by atoms with Crippen LogP contribution in [-0.2, 0) is 9.84 Å². The van der Waals surface area contributed by atoms with Crippen LogP contribution >= 0.6 is 0 Å². The van der Waals surface area contributed by atoms with Gasteiger partial charge in [0.05, 0.1) is 10.5 Å². The van der Waals surface area contributed by atoms with Crippen LogP contribution in [0.5, 0.6) is 0 Å². The molecule has 108 valence electrons. The normalized spacial score (nSPS) is 27.4. The molecule has 0 amide bonds. The maximum Gasteiger partial charge on any atom is 0.156 e. The Balaban J connectivity index is 2.66. The second kappa shape index (κ2) is 5.88. The number of hydrogen-bond acceptors (Lipinski definition) is 4. The average molecular weight is 276 g/mol. The Labute approximate surface area is 112 Å². The molecule has 2 unspecified atom stereocenters. The maximum atomic E-state index is 12.1. The predicted molar refractivity (Wildman–Crippen MR) is 76.4 cm³/mol. The van der Waals surface area contributed by atoms with Crippen molar-refractivity contribution in [2.45, 2.75) is 63.8 Å². The summed E-state index contributed by atoms with van der Waals surface area (Å²) in [6.07, 6.45) is 3.44. The van der Waals surface area contributed by atoms with Crippen LogP contribution in [-0.4, -0.2) is 49.0 Å². The molecule has 0 spiro atoms. The number of sulfone groups is 1. The molecule has 1 fully saturated rings. The van der Waals surface area contributed by atoms with Gasteiger partial charge < -0.3 is 5.73 Å². The van der Waals surface area contributed by atoms with Gasteiger partial charge in [-0.05, 0) is 40.5 Å². The Hall–Kier alpha value is -0.130. The molecule has 18 heavy (non-hydrogen) atoms. The number of nitrogens with zero attached hydrogens (tertiary/aromatic N) is 1. The standard InChI is InChI=1S/C13H28N2O2S/c1-11-6-5-7-12(10-14)15(11)8-9-18(16,17)13(2,3)4/h11-12H,5-10,14H2,1-4H3. The number of nitrogens with two attached hydrogens (primary N) is 1. The quantitative estimate of drug-likeness (QED) is 0.843. The van der Waals surface area contributed by atoms with Crippen LogP contribution in [0.1, 0.15) is 47.0 Å². The summed E-state index contributed by atoms with van der Waals surface area (Å²) in [6.45, 7) is 8.71. The fraction of sp³-hybridized carbons (Fsp3) is 1.00. The van der Waals surface area contributed by atoms with Gasteiger partial charge in [-0.15, -0.1) is 0 Å². The number of hydrogen-bond donors (Lipinski definition) is 1.